The number of nitrogens with zero attached hydrogens (tertiary/aromatic N) is 1. The zero-order valence-corrected chi connectivity index (χ0v) is 10.3. The van der Waals surface area contributed by atoms with Gasteiger partial charge in [-0.1, -0.05) is 17.7 Å². The summed E-state index contributed by atoms with van der Waals surface area (Å²) in [6.45, 7) is 0.238. The molecule has 1 heterocycles. The minimum absolute atomic E-state index is 0.238. The number of hydrogen-bond donors (Lipinski definition) is 1. The second-order valence-corrected chi connectivity index (χ2v) is 4.97. The van der Waals surface area contributed by atoms with E-state index in [-0.39, 0.29) is 6.61 Å². The number of aromatic nitrogens is 1. The fourth-order valence-electron chi connectivity index (χ4n) is 1.47. The van der Waals surface area contributed by atoms with Gasteiger partial charge in [0.2, 0.25) is 0 Å². The maximum Gasteiger partial charge on any atom is 0.0728 e. The predicted octanol–water partition coefficient (Wildman–Crippen LogP) is 3.36. The van der Waals surface area contributed by atoms with E-state index < -0.39 is 0 Å². The van der Waals surface area contributed by atoms with Gasteiger partial charge in [-0.3, -0.25) is 4.98 Å². The molecule has 1 N–H and O–H groups in total. The Balaban J connectivity index is 2.30. The minimum Gasteiger partial charge on any atom is -0.396 e. The Labute approximate surface area is 104 Å². The van der Waals surface area contributed by atoms with E-state index in [0.29, 0.717) is 5.02 Å². The van der Waals surface area contributed by atoms with Gasteiger partial charge in [0.1, 0.15) is 0 Å². The first kappa shape index (κ1) is 11.7. The van der Waals surface area contributed by atoms with Crippen LogP contribution in [0.15, 0.2) is 35.4 Å². The molecule has 0 amide bonds. The van der Waals surface area contributed by atoms with Crippen molar-refractivity contribution in [1.82, 2.24) is 4.98 Å². The van der Waals surface area contributed by atoms with Crippen LogP contribution < -0.4 is 0 Å². The van der Waals surface area contributed by atoms with Crippen molar-refractivity contribution in [3.05, 3.63) is 35.5 Å². The zero-order valence-electron chi connectivity index (χ0n) is 8.69. The maximum absolute atomic E-state index is 8.75. The molecule has 0 fully saturated rings. The van der Waals surface area contributed by atoms with Gasteiger partial charge in [-0.15, -0.1) is 11.8 Å². The average Bonchev–Trinajstić information content (AvgIpc) is 2.29. The highest BCUT2D eigenvalue weighted by atomic mass is 35.5. The van der Waals surface area contributed by atoms with Crippen molar-refractivity contribution in [1.29, 1.82) is 0 Å². The molecule has 2 nitrogen and oxygen atoms in total. The molecule has 0 saturated heterocycles. The molecule has 0 atom stereocenters. The lowest BCUT2D eigenvalue weighted by Crippen LogP contribution is -1.87. The van der Waals surface area contributed by atoms with Crippen LogP contribution in [0.2, 0.25) is 5.02 Å². The number of aliphatic hydroxyl groups is 1. The van der Waals surface area contributed by atoms with E-state index in [1.54, 1.807) is 18.0 Å². The van der Waals surface area contributed by atoms with E-state index in [1.165, 1.54) is 4.90 Å². The topological polar surface area (TPSA) is 33.1 Å². The van der Waals surface area contributed by atoms with Crippen LogP contribution in [0.4, 0.5) is 0 Å². The maximum atomic E-state index is 8.75. The third-order valence-electron chi connectivity index (χ3n) is 2.22. The molecule has 0 aliphatic heterocycles. The molecule has 0 spiro atoms. The lowest BCUT2D eigenvalue weighted by atomic mass is 10.2. The molecule has 0 aliphatic carbocycles. The van der Waals surface area contributed by atoms with E-state index in [1.807, 2.05) is 24.3 Å². The molecule has 84 valence electrons. The summed E-state index contributed by atoms with van der Waals surface area (Å²) in [5.41, 5.74) is 0.918. The lowest BCUT2D eigenvalue weighted by molar-refractivity contribution is 0.296. The van der Waals surface area contributed by atoms with E-state index in [9.17, 15) is 0 Å². The van der Waals surface area contributed by atoms with E-state index in [2.05, 4.69) is 4.98 Å². The number of pyridine rings is 1. The number of thioether (sulfide) groups is 1. The van der Waals surface area contributed by atoms with Crippen molar-refractivity contribution >= 4 is 34.3 Å². The molecule has 2 aromatic rings. The molecule has 0 bridgehead atoms. The Hall–Kier alpha value is -0.770. The standard InChI is InChI=1S/C12H12ClNOS/c13-9-2-3-10-11(8-9)14-5-4-12(10)16-7-1-6-15/h2-5,8,15H,1,6-7H2. The van der Waals surface area contributed by atoms with Crippen LogP contribution in [0, 0.1) is 0 Å². The fourth-order valence-corrected chi connectivity index (χ4v) is 2.61. The zero-order chi connectivity index (χ0) is 11.4. The predicted molar refractivity (Wildman–Crippen MR) is 69.2 cm³/mol. The fraction of sp³-hybridized carbons (Fsp3) is 0.250. The van der Waals surface area contributed by atoms with Crippen molar-refractivity contribution in [2.24, 2.45) is 0 Å². The Morgan fingerprint density at radius 3 is 3.00 bits per heavy atom. The molecule has 16 heavy (non-hydrogen) atoms. The molecule has 0 saturated carbocycles. The van der Waals surface area contributed by atoms with Gasteiger partial charge in [-0.25, -0.2) is 0 Å². The van der Waals surface area contributed by atoms with Gasteiger partial charge >= 0.3 is 0 Å². The molecular weight excluding hydrogens is 242 g/mol. The van der Waals surface area contributed by atoms with Gasteiger partial charge in [0.25, 0.3) is 0 Å². The first-order valence-corrected chi connectivity index (χ1v) is 6.45. The molecule has 4 heteroatoms. The van der Waals surface area contributed by atoms with Gasteiger partial charge in [0, 0.05) is 33.9 Å². The summed E-state index contributed by atoms with van der Waals surface area (Å²) in [5, 5.41) is 10.6. The van der Waals surface area contributed by atoms with Gasteiger partial charge in [-0.05, 0) is 24.6 Å². The molecule has 0 aliphatic rings. The average molecular weight is 254 g/mol. The van der Waals surface area contributed by atoms with E-state index in [0.717, 1.165) is 23.1 Å². The summed E-state index contributed by atoms with van der Waals surface area (Å²) in [4.78, 5) is 5.47. The first-order valence-electron chi connectivity index (χ1n) is 5.09. The van der Waals surface area contributed by atoms with Gasteiger partial charge in [0.05, 0.1) is 5.52 Å². The van der Waals surface area contributed by atoms with Crippen LogP contribution in [0.25, 0.3) is 10.9 Å². The summed E-state index contributed by atoms with van der Waals surface area (Å²) >= 11 is 7.66. The normalized spacial score (nSPS) is 10.9. The van der Waals surface area contributed by atoms with E-state index >= 15 is 0 Å². The molecule has 1 aromatic heterocycles. The second kappa shape index (κ2) is 5.53. The summed E-state index contributed by atoms with van der Waals surface area (Å²) < 4.78 is 0. The highest BCUT2D eigenvalue weighted by Crippen LogP contribution is 2.28. The van der Waals surface area contributed by atoms with Gasteiger partial charge in [0.15, 0.2) is 0 Å². The van der Waals surface area contributed by atoms with Crippen molar-refractivity contribution < 1.29 is 5.11 Å². The largest absolute Gasteiger partial charge is 0.396 e. The van der Waals surface area contributed by atoms with Crippen LogP contribution in [-0.4, -0.2) is 22.5 Å². The summed E-state index contributed by atoms with van der Waals surface area (Å²) in [6, 6.07) is 7.74. The van der Waals surface area contributed by atoms with Crippen molar-refractivity contribution in [3.63, 3.8) is 0 Å². The van der Waals surface area contributed by atoms with Gasteiger partial charge < -0.3 is 5.11 Å². The third-order valence-corrected chi connectivity index (χ3v) is 3.62. The number of aliphatic hydroxyl groups excluding tert-OH is 1. The van der Waals surface area contributed by atoms with Crippen LogP contribution >= 0.6 is 23.4 Å². The first-order chi connectivity index (χ1) is 7.81. The number of rotatable bonds is 4. The monoisotopic (exact) mass is 253 g/mol. The molecule has 1 aromatic carbocycles. The van der Waals surface area contributed by atoms with Crippen LogP contribution in [0.5, 0.6) is 0 Å². The van der Waals surface area contributed by atoms with Crippen molar-refractivity contribution in [2.45, 2.75) is 11.3 Å². The SMILES string of the molecule is OCCCSc1ccnc2cc(Cl)ccc12. The smallest absolute Gasteiger partial charge is 0.0728 e. The van der Waals surface area contributed by atoms with Crippen LogP contribution in [-0.2, 0) is 0 Å². The van der Waals surface area contributed by atoms with Crippen molar-refractivity contribution in [2.75, 3.05) is 12.4 Å². The molecule has 0 unspecified atom stereocenters. The second-order valence-electron chi connectivity index (χ2n) is 3.40. The highest BCUT2D eigenvalue weighted by Gasteiger charge is 2.02. The molecule has 2 rings (SSSR count). The summed E-state index contributed by atoms with van der Waals surface area (Å²) in [7, 11) is 0. The lowest BCUT2D eigenvalue weighted by Gasteiger charge is -2.05. The van der Waals surface area contributed by atoms with Crippen LogP contribution in [0.1, 0.15) is 6.42 Å². The Kier molecular flexibility index (Phi) is 4.04. The Bertz CT molecular complexity index is 489. The number of benzene rings is 1. The van der Waals surface area contributed by atoms with Gasteiger partial charge in [-0.2, -0.15) is 0 Å². The molecular formula is C12H12ClNOS. The van der Waals surface area contributed by atoms with Crippen molar-refractivity contribution in [3.8, 4) is 0 Å². The Morgan fingerprint density at radius 1 is 1.31 bits per heavy atom. The third kappa shape index (κ3) is 2.67. The molecule has 0 radical (unpaired) electrons. The Morgan fingerprint density at radius 2 is 2.19 bits per heavy atom. The highest BCUT2D eigenvalue weighted by molar-refractivity contribution is 7.99. The summed E-state index contributed by atoms with van der Waals surface area (Å²) in [5.74, 6) is 0.915. The van der Waals surface area contributed by atoms with E-state index in [4.69, 9.17) is 16.7 Å². The summed E-state index contributed by atoms with van der Waals surface area (Å²) in [6.07, 6.45) is 2.60. The number of halogens is 1. The quantitative estimate of drug-likeness (QED) is 0.670. The minimum atomic E-state index is 0.238. The number of fused-ring (bicyclic) bond motifs is 1. The number of hydrogen-bond acceptors (Lipinski definition) is 3. The van der Waals surface area contributed by atoms with Crippen LogP contribution in [0.3, 0.4) is 0 Å².